The monoisotopic (exact) mass is 317 g/mol. The Labute approximate surface area is 131 Å². The largest absolute Gasteiger partial charge is 0.496 e. The lowest BCUT2D eigenvalue weighted by atomic mass is 10.0. The third kappa shape index (κ3) is 2.62. The van der Waals surface area contributed by atoms with E-state index in [0.717, 1.165) is 11.1 Å². The van der Waals surface area contributed by atoms with Crippen LogP contribution in [0.15, 0.2) is 41.5 Å². The van der Waals surface area contributed by atoms with Gasteiger partial charge >= 0.3 is 0 Å². The van der Waals surface area contributed by atoms with Crippen molar-refractivity contribution in [3.63, 3.8) is 0 Å². The Morgan fingerprint density at radius 3 is 2.86 bits per heavy atom. The van der Waals surface area contributed by atoms with Gasteiger partial charge in [-0.15, -0.1) is 0 Å². The van der Waals surface area contributed by atoms with E-state index < -0.39 is 6.29 Å². The lowest BCUT2D eigenvalue weighted by Gasteiger charge is -2.11. The smallest absolute Gasteiger partial charge is 0.247 e. The van der Waals surface area contributed by atoms with Crippen LogP contribution in [0.3, 0.4) is 0 Å². The summed E-state index contributed by atoms with van der Waals surface area (Å²) in [4.78, 5) is 2.71. The summed E-state index contributed by atoms with van der Waals surface area (Å²) in [5.74, 6) is 1.78. The molecule has 0 amide bonds. The molecule has 0 N–H and O–H groups in total. The average molecular weight is 318 g/mol. The zero-order valence-corrected chi connectivity index (χ0v) is 12.4. The summed E-state index contributed by atoms with van der Waals surface area (Å²) in [6.07, 6.45) is -0.655. The fourth-order valence-electron chi connectivity index (χ4n) is 2.32. The Hall–Kier alpha value is -2.56. The molecular formula is C15H12ClN3O3. The minimum absolute atomic E-state index is 0.0775. The Bertz CT molecular complexity index is 760. The first-order valence-corrected chi connectivity index (χ1v) is 6.92. The molecule has 2 aromatic rings. The number of benzene rings is 2. The van der Waals surface area contributed by atoms with Gasteiger partial charge in [0.25, 0.3) is 0 Å². The van der Waals surface area contributed by atoms with E-state index in [2.05, 4.69) is 10.0 Å². The van der Waals surface area contributed by atoms with Crippen molar-refractivity contribution in [1.82, 2.24) is 0 Å². The summed E-state index contributed by atoms with van der Waals surface area (Å²) in [5, 5.41) is 3.99. The maximum atomic E-state index is 8.40. The molecule has 3 rings (SSSR count). The topological polar surface area (TPSA) is 76.5 Å². The third-order valence-corrected chi connectivity index (χ3v) is 3.44. The van der Waals surface area contributed by atoms with Crippen LogP contribution < -0.4 is 14.2 Å². The fourth-order valence-corrected chi connectivity index (χ4v) is 2.53. The second-order valence-corrected chi connectivity index (χ2v) is 5.00. The molecule has 7 heteroatoms. The lowest BCUT2D eigenvalue weighted by molar-refractivity contribution is 0.0584. The van der Waals surface area contributed by atoms with Crippen molar-refractivity contribution < 1.29 is 14.2 Å². The molecule has 1 aliphatic rings. The van der Waals surface area contributed by atoms with E-state index in [1.54, 1.807) is 19.2 Å². The Kier molecular flexibility index (Phi) is 3.96. The molecule has 0 aliphatic carbocycles. The summed E-state index contributed by atoms with van der Waals surface area (Å²) in [6.45, 7) is 0.0775. The van der Waals surface area contributed by atoms with Crippen LogP contribution >= 0.6 is 11.6 Å². The fraction of sp³-hybridized carbons (Fsp3) is 0.200. The van der Waals surface area contributed by atoms with E-state index in [1.165, 1.54) is 0 Å². The van der Waals surface area contributed by atoms with Crippen LogP contribution in [0.5, 0.6) is 17.2 Å². The maximum Gasteiger partial charge on any atom is 0.247 e. The quantitative estimate of drug-likeness (QED) is 0.475. The van der Waals surface area contributed by atoms with E-state index in [1.807, 2.05) is 24.3 Å². The molecule has 0 aromatic heterocycles. The second-order valence-electron chi connectivity index (χ2n) is 4.56. The minimum Gasteiger partial charge on any atom is -0.496 e. The van der Waals surface area contributed by atoms with Gasteiger partial charge in [0, 0.05) is 27.1 Å². The molecule has 0 fully saturated rings. The number of para-hydroxylation sites is 1. The molecule has 1 atom stereocenters. The summed E-state index contributed by atoms with van der Waals surface area (Å²) in [6, 6.07) is 11.0. The highest BCUT2D eigenvalue weighted by molar-refractivity contribution is 6.31. The van der Waals surface area contributed by atoms with Gasteiger partial charge < -0.3 is 14.2 Å². The molecular weight excluding hydrogens is 306 g/mol. The van der Waals surface area contributed by atoms with E-state index >= 15 is 0 Å². The first-order valence-electron chi connectivity index (χ1n) is 6.54. The molecule has 22 heavy (non-hydrogen) atoms. The van der Waals surface area contributed by atoms with Gasteiger partial charge in [0.2, 0.25) is 6.29 Å². The number of nitrogens with zero attached hydrogens (tertiary/aromatic N) is 3. The van der Waals surface area contributed by atoms with Crippen molar-refractivity contribution in [2.75, 3.05) is 13.7 Å². The number of hydrogen-bond acceptors (Lipinski definition) is 4. The highest BCUT2D eigenvalue weighted by atomic mass is 35.5. The van der Waals surface area contributed by atoms with Gasteiger partial charge in [0.1, 0.15) is 12.3 Å². The van der Waals surface area contributed by atoms with Crippen LogP contribution in [0.4, 0.5) is 0 Å². The number of halogens is 1. The molecule has 112 valence electrons. The zero-order chi connectivity index (χ0) is 15.5. The van der Waals surface area contributed by atoms with Crippen molar-refractivity contribution in [2.45, 2.75) is 6.29 Å². The van der Waals surface area contributed by atoms with Crippen molar-refractivity contribution in [1.29, 1.82) is 0 Å². The van der Waals surface area contributed by atoms with Gasteiger partial charge in [-0.2, -0.15) is 0 Å². The van der Waals surface area contributed by atoms with Gasteiger partial charge in [0.05, 0.1) is 7.11 Å². The maximum absolute atomic E-state index is 8.40. The zero-order valence-electron chi connectivity index (χ0n) is 11.7. The van der Waals surface area contributed by atoms with Gasteiger partial charge in [-0.1, -0.05) is 34.9 Å². The molecule has 0 saturated carbocycles. The van der Waals surface area contributed by atoms with E-state index in [4.69, 9.17) is 31.3 Å². The molecule has 0 saturated heterocycles. The second kappa shape index (κ2) is 6.05. The molecule has 1 heterocycles. The summed E-state index contributed by atoms with van der Waals surface area (Å²) in [5.41, 5.74) is 10.0. The van der Waals surface area contributed by atoms with E-state index in [9.17, 15) is 0 Å². The Morgan fingerprint density at radius 2 is 2.09 bits per heavy atom. The van der Waals surface area contributed by atoms with Crippen LogP contribution in [-0.4, -0.2) is 19.9 Å². The molecule has 6 nitrogen and oxygen atoms in total. The first kappa shape index (κ1) is 14.4. The number of rotatable bonds is 4. The molecule has 0 spiro atoms. The van der Waals surface area contributed by atoms with Crippen LogP contribution in [0, 0.1) is 0 Å². The molecule has 0 bridgehead atoms. The highest BCUT2D eigenvalue weighted by Gasteiger charge is 2.28. The van der Waals surface area contributed by atoms with E-state index in [0.29, 0.717) is 22.3 Å². The van der Waals surface area contributed by atoms with Crippen LogP contribution in [0.1, 0.15) is 0 Å². The number of ether oxygens (including phenoxy) is 3. The normalized spacial score (nSPS) is 15.3. The standard InChI is InChI=1S/C15H12ClN3O3/c1-20-12-5-3-2-4-10(12)11-6-9(16)7-13-15(11)22-14(21-13)8-18-19-17/h2-7,14H,8H2,1H3. The summed E-state index contributed by atoms with van der Waals surface area (Å²) in [7, 11) is 1.60. The van der Waals surface area contributed by atoms with Crippen molar-refractivity contribution >= 4 is 11.6 Å². The number of methoxy groups -OCH3 is 1. The Balaban J connectivity index is 2.06. The van der Waals surface area contributed by atoms with Gasteiger partial charge in [-0.25, -0.2) is 0 Å². The first-order chi connectivity index (χ1) is 10.7. The van der Waals surface area contributed by atoms with Crippen molar-refractivity contribution in [3.8, 4) is 28.4 Å². The molecule has 1 unspecified atom stereocenters. The van der Waals surface area contributed by atoms with Gasteiger partial charge in [-0.3, -0.25) is 0 Å². The Morgan fingerprint density at radius 1 is 1.27 bits per heavy atom. The summed E-state index contributed by atoms with van der Waals surface area (Å²) < 4.78 is 16.7. The predicted octanol–water partition coefficient (Wildman–Crippen LogP) is 4.42. The predicted molar refractivity (Wildman–Crippen MR) is 82.5 cm³/mol. The number of fused-ring (bicyclic) bond motifs is 1. The van der Waals surface area contributed by atoms with Crippen molar-refractivity contribution in [3.05, 3.63) is 51.9 Å². The van der Waals surface area contributed by atoms with Gasteiger partial charge in [0.15, 0.2) is 11.5 Å². The molecule has 0 radical (unpaired) electrons. The van der Waals surface area contributed by atoms with E-state index in [-0.39, 0.29) is 6.54 Å². The SMILES string of the molecule is COc1ccccc1-c1cc(Cl)cc2c1OC(CN=[N+]=[N-])O2. The molecule has 2 aromatic carbocycles. The average Bonchev–Trinajstić information content (AvgIpc) is 2.94. The number of azide groups is 1. The summed E-state index contributed by atoms with van der Waals surface area (Å²) >= 11 is 6.17. The van der Waals surface area contributed by atoms with Crippen molar-refractivity contribution in [2.24, 2.45) is 5.11 Å². The molecule has 1 aliphatic heterocycles. The lowest BCUT2D eigenvalue weighted by Crippen LogP contribution is -2.21. The highest BCUT2D eigenvalue weighted by Crippen LogP contribution is 2.47. The minimum atomic E-state index is -0.655. The van der Waals surface area contributed by atoms with Crippen LogP contribution in [-0.2, 0) is 0 Å². The van der Waals surface area contributed by atoms with Crippen LogP contribution in [0.2, 0.25) is 5.02 Å². The van der Waals surface area contributed by atoms with Crippen LogP contribution in [0.25, 0.3) is 21.6 Å². The number of hydrogen-bond donors (Lipinski definition) is 0. The third-order valence-electron chi connectivity index (χ3n) is 3.22. The van der Waals surface area contributed by atoms with Gasteiger partial charge in [-0.05, 0) is 17.7 Å².